The van der Waals surface area contributed by atoms with Gasteiger partial charge in [0.15, 0.2) is 0 Å². The monoisotopic (exact) mass is 534 g/mol. The number of imidazole rings is 1. The molecule has 4 aromatic rings. The van der Waals surface area contributed by atoms with Crippen molar-refractivity contribution in [1.29, 1.82) is 0 Å². The molecule has 3 aromatic carbocycles. The van der Waals surface area contributed by atoms with Crippen molar-refractivity contribution in [2.75, 3.05) is 6.61 Å². The zero-order valence-electron chi connectivity index (χ0n) is 20.7. The van der Waals surface area contributed by atoms with E-state index in [0.29, 0.717) is 11.3 Å². The van der Waals surface area contributed by atoms with Crippen molar-refractivity contribution in [2.45, 2.75) is 38.7 Å². The Morgan fingerprint density at radius 3 is 2.00 bits per heavy atom. The van der Waals surface area contributed by atoms with Crippen molar-refractivity contribution in [2.24, 2.45) is 0 Å². The van der Waals surface area contributed by atoms with Gasteiger partial charge in [-0.2, -0.15) is 26.3 Å². The number of nitrogens with zero attached hydrogens (tertiary/aromatic N) is 2. The largest absolute Gasteiger partial charge is 0.493 e. The summed E-state index contributed by atoms with van der Waals surface area (Å²) in [5.41, 5.74) is -2.11. The molecule has 1 heterocycles. The molecule has 0 atom stereocenters. The molecule has 0 aliphatic carbocycles. The van der Waals surface area contributed by atoms with Crippen LogP contribution in [-0.4, -0.2) is 21.3 Å². The summed E-state index contributed by atoms with van der Waals surface area (Å²) in [5, 5.41) is 10.5. The van der Waals surface area contributed by atoms with E-state index in [2.05, 4.69) is 4.98 Å². The van der Waals surface area contributed by atoms with Crippen molar-refractivity contribution in [1.82, 2.24) is 9.55 Å². The van der Waals surface area contributed by atoms with Crippen LogP contribution in [0, 0.1) is 0 Å². The lowest BCUT2D eigenvalue weighted by Crippen LogP contribution is -2.15. The summed E-state index contributed by atoms with van der Waals surface area (Å²) in [5.74, 6) is -0.311. The van der Waals surface area contributed by atoms with E-state index in [1.807, 2.05) is 0 Å². The molecule has 4 nitrogen and oxygen atoms in total. The first kappa shape index (κ1) is 27.3. The highest BCUT2D eigenvalue weighted by atomic mass is 19.4. The Morgan fingerprint density at radius 2 is 1.42 bits per heavy atom. The van der Waals surface area contributed by atoms with Crippen LogP contribution in [0.5, 0.6) is 5.75 Å². The quantitative estimate of drug-likeness (QED) is 0.256. The van der Waals surface area contributed by atoms with Gasteiger partial charge in [0.1, 0.15) is 17.2 Å². The van der Waals surface area contributed by atoms with Gasteiger partial charge in [0, 0.05) is 17.4 Å². The molecule has 0 amide bonds. The predicted molar refractivity (Wildman–Crippen MR) is 131 cm³/mol. The first-order valence-electron chi connectivity index (χ1n) is 11.6. The lowest BCUT2D eigenvalue weighted by atomic mass is 10.0. The Morgan fingerprint density at radius 1 is 0.816 bits per heavy atom. The summed E-state index contributed by atoms with van der Waals surface area (Å²) < 4.78 is 88.6. The van der Waals surface area contributed by atoms with E-state index in [0.717, 1.165) is 12.1 Å². The number of hydrogen-bond donors (Lipinski definition) is 1. The molecular weight excluding hydrogens is 510 g/mol. The molecule has 0 saturated carbocycles. The number of benzene rings is 3. The minimum atomic E-state index is -4.64. The van der Waals surface area contributed by atoms with Gasteiger partial charge in [-0.25, -0.2) is 4.98 Å². The second kappa shape index (κ2) is 9.83. The fourth-order valence-electron chi connectivity index (χ4n) is 4.01. The summed E-state index contributed by atoms with van der Waals surface area (Å²) in [6.07, 6.45) is -7.82. The molecule has 0 aliphatic heterocycles. The van der Waals surface area contributed by atoms with Gasteiger partial charge in [-0.3, -0.25) is 4.57 Å². The van der Waals surface area contributed by atoms with Gasteiger partial charge in [-0.05, 0) is 62.2 Å². The molecule has 0 radical (unpaired) electrons. The van der Waals surface area contributed by atoms with Gasteiger partial charge >= 0.3 is 12.4 Å². The topological polar surface area (TPSA) is 47.3 Å². The number of ether oxygens (including phenoxy) is 1. The molecule has 10 heteroatoms. The molecule has 0 unspecified atom stereocenters. The maximum atomic E-state index is 13.8. The third kappa shape index (κ3) is 5.55. The minimum Gasteiger partial charge on any atom is -0.493 e. The first-order chi connectivity index (χ1) is 17.7. The van der Waals surface area contributed by atoms with Crippen molar-refractivity contribution >= 4 is 0 Å². The Labute approximate surface area is 215 Å². The van der Waals surface area contributed by atoms with Crippen molar-refractivity contribution in [3.8, 4) is 34.0 Å². The van der Waals surface area contributed by atoms with Crippen LogP contribution < -0.4 is 4.74 Å². The molecule has 200 valence electrons. The highest BCUT2D eigenvalue weighted by Crippen LogP contribution is 2.40. The van der Waals surface area contributed by atoms with E-state index in [-0.39, 0.29) is 35.0 Å². The van der Waals surface area contributed by atoms with Gasteiger partial charge in [0.25, 0.3) is 0 Å². The van der Waals surface area contributed by atoms with Crippen molar-refractivity contribution < 1.29 is 36.2 Å². The maximum absolute atomic E-state index is 13.8. The fraction of sp³-hybridized carbons (Fsp3) is 0.250. The van der Waals surface area contributed by atoms with Crippen LogP contribution in [0.3, 0.4) is 0 Å². The number of aromatic nitrogens is 2. The zero-order chi connectivity index (χ0) is 27.9. The molecular formula is C28H24F6N2O2. The smallest absolute Gasteiger partial charge is 0.419 e. The maximum Gasteiger partial charge on any atom is 0.419 e. The van der Waals surface area contributed by atoms with E-state index in [9.17, 15) is 31.4 Å². The summed E-state index contributed by atoms with van der Waals surface area (Å²) >= 11 is 0. The number of rotatable bonds is 6. The molecule has 38 heavy (non-hydrogen) atoms. The number of hydrogen-bond acceptors (Lipinski definition) is 3. The summed E-state index contributed by atoms with van der Waals surface area (Å²) in [7, 11) is 0. The average molecular weight is 535 g/mol. The average Bonchev–Trinajstić information content (AvgIpc) is 3.30. The van der Waals surface area contributed by atoms with Gasteiger partial charge in [0.05, 0.1) is 23.4 Å². The number of halogens is 6. The van der Waals surface area contributed by atoms with Crippen LogP contribution in [0.15, 0.2) is 72.9 Å². The molecule has 1 N–H and O–H groups in total. The Kier molecular flexibility index (Phi) is 7.05. The Balaban J connectivity index is 1.81. The highest BCUT2D eigenvalue weighted by molar-refractivity contribution is 5.69. The summed E-state index contributed by atoms with van der Waals surface area (Å²) in [4.78, 5) is 4.32. The molecule has 4 rings (SSSR count). The second-order valence-corrected chi connectivity index (χ2v) is 9.11. The van der Waals surface area contributed by atoms with Crippen molar-refractivity contribution in [3.05, 3.63) is 89.7 Å². The molecule has 0 spiro atoms. The van der Waals surface area contributed by atoms with Crippen LogP contribution in [0.1, 0.15) is 37.6 Å². The SMILES string of the molecule is CCOc1ccc(-c2ccc(-n3cc(C(C)(C)O)nc3-c3ccccc3C(F)(F)F)cc2)cc1C(F)(F)F. The second-order valence-electron chi connectivity index (χ2n) is 9.11. The van der Waals surface area contributed by atoms with Gasteiger partial charge in [-0.1, -0.05) is 36.4 Å². The van der Waals surface area contributed by atoms with Crippen LogP contribution in [0.4, 0.5) is 26.3 Å². The van der Waals surface area contributed by atoms with Crippen LogP contribution in [-0.2, 0) is 18.0 Å². The number of alkyl halides is 6. The molecule has 0 saturated heterocycles. The van der Waals surface area contributed by atoms with E-state index >= 15 is 0 Å². The Bertz CT molecular complexity index is 1430. The lowest BCUT2D eigenvalue weighted by Gasteiger charge is -2.16. The summed E-state index contributed by atoms with van der Waals surface area (Å²) in [6, 6.07) is 15.0. The summed E-state index contributed by atoms with van der Waals surface area (Å²) in [6.45, 7) is 4.60. The zero-order valence-corrected chi connectivity index (χ0v) is 20.7. The normalized spacial score (nSPS) is 12.6. The molecule has 0 bridgehead atoms. The predicted octanol–water partition coefficient (Wildman–Crippen LogP) is 7.87. The molecule has 1 aromatic heterocycles. The van der Waals surface area contributed by atoms with E-state index in [4.69, 9.17) is 4.74 Å². The third-order valence-corrected chi connectivity index (χ3v) is 5.87. The van der Waals surface area contributed by atoms with Crippen LogP contribution in [0.2, 0.25) is 0 Å². The van der Waals surface area contributed by atoms with E-state index < -0.39 is 29.1 Å². The van der Waals surface area contributed by atoms with Crippen LogP contribution in [0.25, 0.3) is 28.2 Å². The van der Waals surface area contributed by atoms with E-state index in [1.165, 1.54) is 54.9 Å². The third-order valence-electron chi connectivity index (χ3n) is 5.87. The van der Waals surface area contributed by atoms with Crippen LogP contribution >= 0.6 is 0 Å². The minimum absolute atomic E-state index is 0.0387. The van der Waals surface area contributed by atoms with Gasteiger partial charge in [0.2, 0.25) is 0 Å². The first-order valence-corrected chi connectivity index (χ1v) is 11.6. The molecule has 0 aliphatic rings. The highest BCUT2D eigenvalue weighted by Gasteiger charge is 2.36. The Hall–Kier alpha value is -3.79. The van der Waals surface area contributed by atoms with Gasteiger partial charge in [-0.15, -0.1) is 0 Å². The number of aliphatic hydroxyl groups is 1. The standard InChI is InChI=1S/C28H24F6N2O2/c1-4-38-23-14-11-18(15-22(23)28(32,33)34)17-9-12-19(13-10-17)36-16-24(26(2,3)37)35-25(36)20-7-5-6-8-21(20)27(29,30)31/h5-16,37H,4H2,1-3H3. The fourth-order valence-corrected chi connectivity index (χ4v) is 4.01. The molecule has 0 fully saturated rings. The van der Waals surface area contributed by atoms with Crippen molar-refractivity contribution in [3.63, 3.8) is 0 Å². The van der Waals surface area contributed by atoms with E-state index in [1.54, 1.807) is 31.2 Å². The lowest BCUT2D eigenvalue weighted by molar-refractivity contribution is -0.139. The van der Waals surface area contributed by atoms with Gasteiger partial charge < -0.3 is 9.84 Å².